The van der Waals surface area contributed by atoms with E-state index in [1.165, 1.54) is 0 Å². The van der Waals surface area contributed by atoms with E-state index >= 15 is 4.39 Å². The zero-order valence-corrected chi connectivity index (χ0v) is 14.9. The molecule has 4 aromatic rings. The molecule has 0 fully saturated rings. The van der Waals surface area contributed by atoms with E-state index < -0.39 is 11.2 Å². The molecule has 0 bridgehead atoms. The quantitative estimate of drug-likeness (QED) is 0.476. The first kappa shape index (κ1) is 15.9. The second kappa shape index (κ2) is 4.71. The van der Waals surface area contributed by atoms with Crippen molar-refractivity contribution in [1.29, 1.82) is 0 Å². The summed E-state index contributed by atoms with van der Waals surface area (Å²) in [4.78, 5) is 4.67. The van der Waals surface area contributed by atoms with Gasteiger partial charge in [-0.25, -0.2) is 18.6 Å². The zero-order valence-electron chi connectivity index (χ0n) is 14.9. The summed E-state index contributed by atoms with van der Waals surface area (Å²) in [6.07, 6.45) is 0. The summed E-state index contributed by atoms with van der Waals surface area (Å²) in [5, 5.41) is 16.1. The van der Waals surface area contributed by atoms with Crippen molar-refractivity contribution < 1.29 is 13.6 Å². The third kappa shape index (κ3) is 2.13. The van der Waals surface area contributed by atoms with Gasteiger partial charge in [-0.3, -0.25) is 0 Å². The molecule has 130 valence electrons. The minimum atomic E-state index is -0.513. The van der Waals surface area contributed by atoms with E-state index in [2.05, 4.69) is 25.6 Å². The van der Waals surface area contributed by atoms with Crippen molar-refractivity contribution in [3.63, 3.8) is 0 Å². The lowest BCUT2D eigenvalue weighted by Gasteiger charge is -2.22. The highest BCUT2D eigenvalue weighted by Gasteiger charge is 2.32. The van der Waals surface area contributed by atoms with E-state index in [0.29, 0.717) is 38.8 Å². The van der Waals surface area contributed by atoms with Gasteiger partial charge in [-0.1, -0.05) is 41.5 Å². The van der Waals surface area contributed by atoms with E-state index in [1.807, 2.05) is 41.5 Å². The number of hydrogen-bond acceptors (Lipinski definition) is 7. The van der Waals surface area contributed by atoms with Crippen LogP contribution < -0.4 is 0 Å². The van der Waals surface area contributed by atoms with Gasteiger partial charge in [0.05, 0.1) is 11.1 Å². The Morgan fingerprint density at radius 3 is 1.84 bits per heavy atom. The smallest absolute Gasteiger partial charge is 0.162 e. The second-order valence-corrected chi connectivity index (χ2v) is 8.30. The number of nitrogens with zero attached hydrogens (tertiary/aromatic N) is 5. The maximum absolute atomic E-state index is 15.5. The Morgan fingerprint density at radius 1 is 0.680 bits per heavy atom. The van der Waals surface area contributed by atoms with Gasteiger partial charge in [-0.2, -0.15) is 0 Å². The van der Waals surface area contributed by atoms with Crippen LogP contribution in [0.25, 0.3) is 33.0 Å². The van der Waals surface area contributed by atoms with Crippen molar-refractivity contribution in [1.82, 2.24) is 25.6 Å². The molecule has 0 unspecified atom stereocenters. The fourth-order valence-electron chi connectivity index (χ4n) is 3.16. The summed E-state index contributed by atoms with van der Waals surface area (Å²) in [6.45, 7) is 11.7. The number of benzene rings is 1. The van der Waals surface area contributed by atoms with E-state index in [-0.39, 0.29) is 10.8 Å². The molecule has 25 heavy (non-hydrogen) atoms. The standard InChI is InChI=1S/C17H18FN5O2/c1-16(2,3)8-9(18)7-10(13-12(8)21-25-22-13)19-15(17(4,5)6)14-11(7)20-24-23-14/h1-6H3. The van der Waals surface area contributed by atoms with Gasteiger partial charge in [0.15, 0.2) is 11.0 Å². The number of aromatic nitrogens is 5. The highest BCUT2D eigenvalue weighted by Crippen LogP contribution is 2.40. The summed E-state index contributed by atoms with van der Waals surface area (Å²) in [5.74, 6) is -0.445. The molecule has 3 heterocycles. The van der Waals surface area contributed by atoms with Crippen molar-refractivity contribution >= 4 is 33.0 Å². The lowest BCUT2D eigenvalue weighted by atomic mass is 9.84. The Kier molecular flexibility index (Phi) is 2.99. The molecule has 0 spiro atoms. The summed E-state index contributed by atoms with van der Waals surface area (Å²) in [5.41, 5.74) is 2.15. The van der Waals surface area contributed by atoms with Crippen molar-refractivity contribution in [2.24, 2.45) is 0 Å². The number of rotatable bonds is 0. The molecule has 0 saturated heterocycles. The fourth-order valence-corrected chi connectivity index (χ4v) is 3.16. The van der Waals surface area contributed by atoms with Gasteiger partial charge >= 0.3 is 0 Å². The molecule has 0 N–H and O–H groups in total. The number of hydrogen-bond donors (Lipinski definition) is 0. The summed E-state index contributed by atoms with van der Waals surface area (Å²) in [7, 11) is 0. The zero-order chi connectivity index (χ0) is 18.1. The average Bonchev–Trinajstić information content (AvgIpc) is 3.11. The van der Waals surface area contributed by atoms with E-state index in [9.17, 15) is 0 Å². The van der Waals surface area contributed by atoms with Crippen LogP contribution >= 0.6 is 0 Å². The first-order valence-corrected chi connectivity index (χ1v) is 8.01. The maximum atomic E-state index is 15.5. The predicted octanol–water partition coefficient (Wildman–Crippen LogP) is 4.04. The van der Waals surface area contributed by atoms with Crippen molar-refractivity contribution in [2.45, 2.75) is 52.4 Å². The van der Waals surface area contributed by atoms with Crippen molar-refractivity contribution in [3.8, 4) is 0 Å². The predicted molar refractivity (Wildman–Crippen MR) is 89.8 cm³/mol. The molecule has 0 saturated carbocycles. The van der Waals surface area contributed by atoms with Gasteiger partial charge in [-0.05, 0) is 26.0 Å². The van der Waals surface area contributed by atoms with Crippen molar-refractivity contribution in [3.05, 3.63) is 17.1 Å². The third-order valence-corrected chi connectivity index (χ3v) is 4.26. The first-order chi connectivity index (χ1) is 11.6. The molecule has 0 aliphatic rings. The Hall–Kier alpha value is -2.64. The monoisotopic (exact) mass is 343 g/mol. The van der Waals surface area contributed by atoms with Crippen molar-refractivity contribution in [2.75, 3.05) is 0 Å². The Morgan fingerprint density at radius 2 is 1.24 bits per heavy atom. The molecule has 4 rings (SSSR count). The number of pyridine rings is 1. The molecule has 0 aliphatic carbocycles. The molecule has 0 radical (unpaired) electrons. The van der Waals surface area contributed by atoms with Gasteiger partial charge in [0.2, 0.25) is 0 Å². The van der Waals surface area contributed by atoms with Crippen LogP contribution in [0.15, 0.2) is 9.26 Å². The summed E-state index contributed by atoms with van der Waals surface area (Å²) >= 11 is 0. The minimum Gasteiger partial charge on any atom is -0.247 e. The van der Waals surface area contributed by atoms with Crippen LogP contribution in [-0.4, -0.2) is 25.6 Å². The minimum absolute atomic E-state index is 0.234. The van der Waals surface area contributed by atoms with Crippen LogP contribution in [0.1, 0.15) is 52.8 Å². The average molecular weight is 343 g/mol. The second-order valence-electron chi connectivity index (χ2n) is 8.30. The van der Waals surface area contributed by atoms with Gasteiger partial charge < -0.3 is 0 Å². The van der Waals surface area contributed by atoms with Crippen LogP contribution in [-0.2, 0) is 10.8 Å². The summed E-state index contributed by atoms with van der Waals surface area (Å²) in [6, 6.07) is 0. The van der Waals surface area contributed by atoms with Crippen LogP contribution in [0.5, 0.6) is 0 Å². The van der Waals surface area contributed by atoms with Crippen LogP contribution in [0.3, 0.4) is 0 Å². The van der Waals surface area contributed by atoms with Gasteiger partial charge in [0, 0.05) is 11.0 Å². The highest BCUT2D eigenvalue weighted by molar-refractivity contribution is 6.13. The maximum Gasteiger partial charge on any atom is 0.162 e. The molecule has 7 nitrogen and oxygen atoms in total. The largest absolute Gasteiger partial charge is 0.247 e. The van der Waals surface area contributed by atoms with Gasteiger partial charge in [-0.15, -0.1) is 0 Å². The van der Waals surface area contributed by atoms with Crippen LogP contribution in [0.2, 0.25) is 0 Å². The summed E-state index contributed by atoms with van der Waals surface area (Å²) < 4.78 is 25.4. The number of fused-ring (bicyclic) bond motifs is 5. The SMILES string of the molecule is CC(C)(C)c1c(F)c2c3nonc3c(C(C)(C)C)nc2c2nonc12. The van der Waals surface area contributed by atoms with E-state index in [0.717, 1.165) is 0 Å². The van der Waals surface area contributed by atoms with Gasteiger partial charge in [0.25, 0.3) is 0 Å². The lowest BCUT2D eigenvalue weighted by Crippen LogP contribution is -2.17. The third-order valence-electron chi connectivity index (χ3n) is 4.26. The number of halogens is 1. The molecule has 8 heteroatoms. The Labute approximate surface area is 142 Å². The highest BCUT2D eigenvalue weighted by atomic mass is 19.1. The van der Waals surface area contributed by atoms with Crippen LogP contribution in [0.4, 0.5) is 4.39 Å². The Balaban J connectivity index is 2.33. The van der Waals surface area contributed by atoms with Crippen LogP contribution in [0, 0.1) is 5.82 Å². The topological polar surface area (TPSA) is 90.7 Å². The molecular weight excluding hydrogens is 325 g/mol. The molecule has 0 aliphatic heterocycles. The van der Waals surface area contributed by atoms with Gasteiger partial charge in [0.1, 0.15) is 22.4 Å². The lowest BCUT2D eigenvalue weighted by molar-refractivity contribution is 0.315. The fraction of sp³-hybridized carbons (Fsp3) is 0.471. The molecule has 3 aromatic heterocycles. The normalized spacial score (nSPS) is 13.4. The molecular formula is C17H18FN5O2. The van der Waals surface area contributed by atoms with E-state index in [1.54, 1.807) is 0 Å². The molecule has 0 atom stereocenters. The Bertz CT molecular complexity index is 1130. The first-order valence-electron chi connectivity index (χ1n) is 8.01. The molecule has 0 amide bonds. The molecule has 1 aromatic carbocycles. The van der Waals surface area contributed by atoms with E-state index in [4.69, 9.17) is 9.26 Å².